The molecule has 0 fully saturated rings. The van der Waals surface area contributed by atoms with Crippen molar-refractivity contribution >= 4 is 17.5 Å². The number of unbranched alkanes of at least 4 members (excludes halogenated alkanes) is 5. The van der Waals surface area contributed by atoms with E-state index in [2.05, 4.69) is 17.2 Å². The summed E-state index contributed by atoms with van der Waals surface area (Å²) in [6.45, 7) is 3.32. The third kappa shape index (κ3) is 7.69. The summed E-state index contributed by atoms with van der Waals surface area (Å²) in [6, 6.07) is 11.2. The van der Waals surface area contributed by atoms with Gasteiger partial charge in [0.2, 0.25) is 5.91 Å². The van der Waals surface area contributed by atoms with Gasteiger partial charge in [0.15, 0.2) is 0 Å². The van der Waals surface area contributed by atoms with E-state index in [9.17, 15) is 9.59 Å². The molecule has 1 heterocycles. The van der Waals surface area contributed by atoms with E-state index in [-0.39, 0.29) is 11.8 Å². The molecular weight excluding hydrogens is 338 g/mol. The minimum absolute atomic E-state index is 0.0164. The standard InChI is InChI=1S/C22H31N3O2/c1-2-3-4-5-6-10-16-25(22(27)19-13-15-23-18-19)17-14-21(26)24-20-11-8-7-9-12-20/h7-9,11-13,15,18,23H,2-6,10,14,16-17H2,1H3,(H,24,26). The average Bonchev–Trinajstić information content (AvgIpc) is 3.22. The summed E-state index contributed by atoms with van der Waals surface area (Å²) in [6.07, 6.45) is 10.8. The van der Waals surface area contributed by atoms with Crippen molar-refractivity contribution in [2.45, 2.75) is 51.9 Å². The quantitative estimate of drug-likeness (QED) is 0.525. The second kappa shape index (κ2) is 11.9. The first-order valence-electron chi connectivity index (χ1n) is 9.97. The van der Waals surface area contributed by atoms with Crippen molar-refractivity contribution in [1.29, 1.82) is 0 Å². The molecule has 5 heteroatoms. The van der Waals surface area contributed by atoms with Crippen molar-refractivity contribution in [3.8, 4) is 0 Å². The van der Waals surface area contributed by atoms with Crippen molar-refractivity contribution in [3.05, 3.63) is 54.4 Å². The summed E-state index contributed by atoms with van der Waals surface area (Å²) in [4.78, 5) is 29.7. The number of nitrogens with one attached hydrogen (secondary N) is 2. The van der Waals surface area contributed by atoms with Crippen LogP contribution in [0.2, 0.25) is 0 Å². The number of hydrogen-bond acceptors (Lipinski definition) is 2. The molecule has 2 rings (SSSR count). The van der Waals surface area contributed by atoms with Crippen molar-refractivity contribution < 1.29 is 9.59 Å². The Morgan fingerprint density at radius 3 is 2.41 bits per heavy atom. The highest BCUT2D eigenvalue weighted by molar-refractivity contribution is 5.95. The second-order valence-electron chi connectivity index (χ2n) is 6.82. The molecule has 0 aliphatic carbocycles. The SMILES string of the molecule is CCCCCCCCN(CCC(=O)Nc1ccccc1)C(=O)c1cc[nH]c1. The zero-order chi connectivity index (χ0) is 19.3. The lowest BCUT2D eigenvalue weighted by atomic mass is 10.1. The van der Waals surface area contributed by atoms with E-state index in [1.807, 2.05) is 30.3 Å². The highest BCUT2D eigenvalue weighted by Crippen LogP contribution is 2.11. The van der Waals surface area contributed by atoms with E-state index in [1.54, 1.807) is 23.4 Å². The molecule has 1 aromatic carbocycles. The van der Waals surface area contributed by atoms with Gasteiger partial charge in [-0.1, -0.05) is 57.2 Å². The maximum Gasteiger partial charge on any atom is 0.255 e. The number of nitrogens with zero attached hydrogens (tertiary/aromatic N) is 1. The van der Waals surface area contributed by atoms with Gasteiger partial charge in [0.05, 0.1) is 5.56 Å². The van der Waals surface area contributed by atoms with Gasteiger partial charge >= 0.3 is 0 Å². The molecular formula is C22H31N3O2. The van der Waals surface area contributed by atoms with Gasteiger partial charge in [0.1, 0.15) is 0 Å². The molecule has 0 unspecified atom stereocenters. The fourth-order valence-electron chi connectivity index (χ4n) is 3.02. The Morgan fingerprint density at radius 2 is 1.70 bits per heavy atom. The fourth-order valence-corrected chi connectivity index (χ4v) is 3.02. The molecule has 146 valence electrons. The number of H-pyrrole nitrogens is 1. The molecule has 1 aromatic heterocycles. The molecule has 0 saturated carbocycles. The van der Waals surface area contributed by atoms with Crippen molar-refractivity contribution in [2.24, 2.45) is 0 Å². The first-order chi connectivity index (χ1) is 13.2. The lowest BCUT2D eigenvalue weighted by Crippen LogP contribution is -2.34. The van der Waals surface area contributed by atoms with Gasteiger partial charge in [-0.3, -0.25) is 9.59 Å². The molecule has 0 aliphatic heterocycles. The van der Waals surface area contributed by atoms with Crippen LogP contribution in [0.1, 0.15) is 62.2 Å². The van der Waals surface area contributed by atoms with Gasteiger partial charge < -0.3 is 15.2 Å². The zero-order valence-electron chi connectivity index (χ0n) is 16.2. The maximum absolute atomic E-state index is 12.7. The van der Waals surface area contributed by atoms with Crippen LogP contribution < -0.4 is 5.32 Å². The van der Waals surface area contributed by atoms with Crippen LogP contribution in [0, 0.1) is 0 Å². The summed E-state index contributed by atoms with van der Waals surface area (Å²) < 4.78 is 0. The Morgan fingerprint density at radius 1 is 0.963 bits per heavy atom. The van der Waals surface area contributed by atoms with Crippen LogP contribution in [0.3, 0.4) is 0 Å². The number of carbonyl (C=O) groups excluding carboxylic acids is 2. The fraction of sp³-hybridized carbons (Fsp3) is 0.455. The van der Waals surface area contributed by atoms with E-state index in [0.29, 0.717) is 25.1 Å². The molecule has 2 N–H and O–H groups in total. The van der Waals surface area contributed by atoms with Crippen molar-refractivity contribution in [3.63, 3.8) is 0 Å². The molecule has 0 radical (unpaired) electrons. The zero-order valence-corrected chi connectivity index (χ0v) is 16.2. The molecule has 2 amide bonds. The van der Waals surface area contributed by atoms with Gasteiger partial charge in [-0.15, -0.1) is 0 Å². The van der Waals surface area contributed by atoms with Crippen molar-refractivity contribution in [1.82, 2.24) is 9.88 Å². The predicted molar refractivity (Wildman–Crippen MR) is 110 cm³/mol. The molecule has 0 aliphatic rings. The normalized spacial score (nSPS) is 10.6. The summed E-state index contributed by atoms with van der Waals surface area (Å²) in [5.41, 5.74) is 1.42. The summed E-state index contributed by atoms with van der Waals surface area (Å²) in [7, 11) is 0. The van der Waals surface area contributed by atoms with Gasteiger partial charge in [0.25, 0.3) is 5.91 Å². The molecule has 0 spiro atoms. The smallest absolute Gasteiger partial charge is 0.255 e. The van der Waals surface area contributed by atoms with E-state index in [1.165, 1.54) is 25.7 Å². The van der Waals surface area contributed by atoms with E-state index < -0.39 is 0 Å². The van der Waals surface area contributed by atoms with Crippen LogP contribution >= 0.6 is 0 Å². The number of para-hydroxylation sites is 1. The summed E-state index contributed by atoms with van der Waals surface area (Å²) >= 11 is 0. The Labute approximate surface area is 162 Å². The minimum atomic E-state index is -0.0731. The number of carbonyl (C=O) groups is 2. The number of amides is 2. The van der Waals surface area contributed by atoms with Crippen LogP contribution in [0.15, 0.2) is 48.8 Å². The topological polar surface area (TPSA) is 65.2 Å². The lowest BCUT2D eigenvalue weighted by molar-refractivity contribution is -0.116. The molecule has 0 bridgehead atoms. The van der Waals surface area contributed by atoms with E-state index in [0.717, 1.165) is 18.5 Å². The Balaban J connectivity index is 1.83. The Bertz CT molecular complexity index is 668. The highest BCUT2D eigenvalue weighted by Gasteiger charge is 2.17. The van der Waals surface area contributed by atoms with E-state index in [4.69, 9.17) is 0 Å². The van der Waals surface area contributed by atoms with Crippen molar-refractivity contribution in [2.75, 3.05) is 18.4 Å². The molecule has 0 atom stereocenters. The molecule has 2 aromatic rings. The van der Waals surface area contributed by atoms with Gasteiger partial charge in [-0.2, -0.15) is 0 Å². The molecule has 0 saturated heterocycles. The number of aromatic nitrogens is 1. The second-order valence-corrected chi connectivity index (χ2v) is 6.82. The minimum Gasteiger partial charge on any atom is -0.367 e. The number of aromatic amines is 1. The summed E-state index contributed by atoms with van der Waals surface area (Å²) in [5, 5.41) is 2.88. The van der Waals surface area contributed by atoms with Crippen LogP contribution in [0.5, 0.6) is 0 Å². The third-order valence-corrected chi connectivity index (χ3v) is 4.58. The predicted octanol–water partition coefficient (Wildman–Crippen LogP) is 4.85. The average molecular weight is 370 g/mol. The first kappa shape index (κ1) is 20.7. The van der Waals surface area contributed by atoms with Crippen LogP contribution in [-0.2, 0) is 4.79 Å². The van der Waals surface area contributed by atoms with Crippen LogP contribution in [0.4, 0.5) is 5.69 Å². The van der Waals surface area contributed by atoms with Gasteiger partial charge in [-0.25, -0.2) is 0 Å². The lowest BCUT2D eigenvalue weighted by Gasteiger charge is -2.22. The summed E-state index contributed by atoms with van der Waals surface area (Å²) in [5.74, 6) is -0.0895. The molecule has 5 nitrogen and oxygen atoms in total. The van der Waals surface area contributed by atoms with Gasteiger partial charge in [-0.05, 0) is 24.6 Å². The third-order valence-electron chi connectivity index (χ3n) is 4.58. The van der Waals surface area contributed by atoms with Crippen LogP contribution in [-0.4, -0.2) is 34.8 Å². The first-order valence-corrected chi connectivity index (χ1v) is 9.97. The number of hydrogen-bond donors (Lipinski definition) is 2. The Hall–Kier alpha value is -2.56. The number of benzene rings is 1. The highest BCUT2D eigenvalue weighted by atomic mass is 16.2. The number of rotatable bonds is 12. The largest absolute Gasteiger partial charge is 0.367 e. The van der Waals surface area contributed by atoms with Gasteiger partial charge in [0, 0.05) is 37.6 Å². The maximum atomic E-state index is 12.7. The number of anilines is 1. The molecule has 27 heavy (non-hydrogen) atoms. The van der Waals surface area contributed by atoms with E-state index >= 15 is 0 Å². The Kier molecular flexibility index (Phi) is 9.18. The monoisotopic (exact) mass is 369 g/mol. The van der Waals surface area contributed by atoms with Crippen LogP contribution in [0.25, 0.3) is 0 Å².